The molecule has 5 saturated carbocycles. The summed E-state index contributed by atoms with van der Waals surface area (Å²) < 4.78 is 6.23. The molecule has 10 atom stereocenters. The molecule has 4 heteroatoms. The largest absolute Gasteiger partial charge is 0.508 e. The van der Waals surface area contributed by atoms with E-state index in [1.54, 1.807) is 24.3 Å². The van der Waals surface area contributed by atoms with Gasteiger partial charge in [-0.1, -0.05) is 59.3 Å². The van der Waals surface area contributed by atoms with E-state index in [0.29, 0.717) is 39.1 Å². The molecule has 1 aromatic carbocycles. The van der Waals surface area contributed by atoms with Crippen LogP contribution in [0.15, 0.2) is 35.9 Å². The third kappa shape index (κ3) is 4.97. The molecule has 2 spiro atoms. The van der Waals surface area contributed by atoms with Crippen molar-refractivity contribution in [3.8, 4) is 5.75 Å². The molecule has 0 bridgehead atoms. The van der Waals surface area contributed by atoms with Gasteiger partial charge in [0.15, 0.2) is 0 Å². The van der Waals surface area contributed by atoms with Gasteiger partial charge in [-0.25, -0.2) is 4.79 Å². The maximum Gasteiger partial charge on any atom is 0.331 e. The minimum absolute atomic E-state index is 0.0474. The Kier molecular flexibility index (Phi) is 8.23. The van der Waals surface area contributed by atoms with Crippen molar-refractivity contribution >= 4 is 12.0 Å². The molecule has 4 unspecified atom stereocenters. The summed E-state index contributed by atoms with van der Waals surface area (Å²) in [6.07, 6.45) is 18.7. The monoisotopic (exact) mass is 616 g/mol. The molecule has 0 amide bonds. The van der Waals surface area contributed by atoms with E-state index in [1.165, 1.54) is 69.4 Å². The Hall–Kier alpha value is -2.07. The SMILES string of the molecule is CC(C)=CC(C)C[C@@H](C)C1CC[C@@]2(C)C3CCC4C(C)(C)[C@@H](OC(=O)/C=C/c5ccc(O)c(CO)c5)CC[C@@]45C[C@@]35CC[C@]12C. The summed E-state index contributed by atoms with van der Waals surface area (Å²) in [7, 11) is 0. The van der Waals surface area contributed by atoms with Crippen LogP contribution in [-0.4, -0.2) is 22.3 Å². The zero-order chi connectivity index (χ0) is 32.6. The normalized spacial score (nSPS) is 40.8. The van der Waals surface area contributed by atoms with Crippen LogP contribution in [0.2, 0.25) is 0 Å². The Bertz CT molecular complexity index is 1370. The van der Waals surface area contributed by atoms with Gasteiger partial charge in [0.1, 0.15) is 11.9 Å². The Morgan fingerprint density at radius 2 is 1.67 bits per heavy atom. The quantitative estimate of drug-likeness (QED) is 0.173. The molecule has 0 radical (unpaired) electrons. The summed E-state index contributed by atoms with van der Waals surface area (Å²) in [4.78, 5) is 13.1. The Morgan fingerprint density at radius 3 is 2.38 bits per heavy atom. The van der Waals surface area contributed by atoms with Crippen LogP contribution in [0.5, 0.6) is 5.75 Å². The van der Waals surface area contributed by atoms with Crippen LogP contribution in [0, 0.1) is 56.7 Å². The number of phenols is 1. The number of carbonyl (C=O) groups excluding carboxylic acids is 1. The van der Waals surface area contributed by atoms with E-state index in [9.17, 15) is 15.0 Å². The number of fused-ring (bicyclic) bond motifs is 2. The van der Waals surface area contributed by atoms with Crippen molar-refractivity contribution in [2.75, 3.05) is 0 Å². The van der Waals surface area contributed by atoms with Gasteiger partial charge in [-0.05, 0) is 153 Å². The second kappa shape index (κ2) is 11.3. The molecule has 0 heterocycles. The molecule has 248 valence electrons. The van der Waals surface area contributed by atoms with Gasteiger partial charge in [-0.3, -0.25) is 0 Å². The van der Waals surface area contributed by atoms with E-state index in [-0.39, 0.29) is 29.8 Å². The minimum Gasteiger partial charge on any atom is -0.508 e. The predicted molar refractivity (Wildman–Crippen MR) is 182 cm³/mol. The van der Waals surface area contributed by atoms with Gasteiger partial charge in [0.05, 0.1) is 6.61 Å². The predicted octanol–water partition coefficient (Wildman–Crippen LogP) is 9.88. The number of rotatable bonds is 8. The maximum absolute atomic E-state index is 13.1. The lowest BCUT2D eigenvalue weighted by Crippen LogP contribution is -2.58. The van der Waals surface area contributed by atoms with Crippen molar-refractivity contribution in [2.45, 2.75) is 132 Å². The van der Waals surface area contributed by atoms with Crippen LogP contribution in [0.3, 0.4) is 0 Å². The summed E-state index contributed by atoms with van der Waals surface area (Å²) in [5, 5.41) is 19.3. The lowest BCUT2D eigenvalue weighted by atomic mass is 9.41. The number of esters is 1. The number of benzene rings is 1. The molecule has 5 fully saturated rings. The van der Waals surface area contributed by atoms with E-state index in [2.05, 4.69) is 61.5 Å². The van der Waals surface area contributed by atoms with Gasteiger partial charge < -0.3 is 14.9 Å². The van der Waals surface area contributed by atoms with E-state index < -0.39 is 0 Å². The highest BCUT2D eigenvalue weighted by Gasteiger charge is 2.82. The fourth-order valence-corrected chi connectivity index (χ4v) is 13.1. The van der Waals surface area contributed by atoms with Crippen molar-refractivity contribution in [1.29, 1.82) is 0 Å². The Morgan fingerprint density at radius 1 is 0.956 bits per heavy atom. The number of aliphatic hydroxyl groups excluding tert-OH is 1. The summed E-state index contributed by atoms with van der Waals surface area (Å²) in [6.45, 7) is 19.4. The minimum atomic E-state index is -0.298. The zero-order valence-electron chi connectivity index (χ0n) is 29.4. The van der Waals surface area contributed by atoms with Crippen LogP contribution >= 0.6 is 0 Å². The first kappa shape index (κ1) is 32.9. The van der Waals surface area contributed by atoms with Crippen LogP contribution in [0.1, 0.15) is 131 Å². The van der Waals surface area contributed by atoms with Crippen LogP contribution in [0.25, 0.3) is 6.08 Å². The van der Waals surface area contributed by atoms with Crippen LogP contribution in [-0.2, 0) is 16.1 Å². The number of ether oxygens (including phenoxy) is 1. The number of carbonyl (C=O) groups is 1. The number of hydrogen-bond acceptors (Lipinski definition) is 4. The summed E-state index contributed by atoms with van der Waals surface area (Å²) in [5.41, 5.74) is 4.40. The lowest BCUT2D eigenvalue weighted by molar-refractivity contribution is -0.179. The molecular weight excluding hydrogens is 556 g/mol. The molecule has 45 heavy (non-hydrogen) atoms. The van der Waals surface area contributed by atoms with E-state index in [0.717, 1.165) is 29.7 Å². The first-order chi connectivity index (χ1) is 21.1. The highest BCUT2D eigenvalue weighted by atomic mass is 16.5. The molecule has 1 aromatic rings. The maximum atomic E-state index is 13.1. The highest BCUT2D eigenvalue weighted by Crippen LogP contribution is 2.89. The zero-order valence-corrected chi connectivity index (χ0v) is 29.4. The summed E-state index contributed by atoms with van der Waals surface area (Å²) in [6, 6.07) is 4.99. The molecular formula is C41H60O4. The van der Waals surface area contributed by atoms with Crippen molar-refractivity contribution in [2.24, 2.45) is 56.7 Å². The average molecular weight is 617 g/mol. The third-order valence-corrected chi connectivity index (χ3v) is 15.1. The van der Waals surface area contributed by atoms with Crippen molar-refractivity contribution in [1.82, 2.24) is 0 Å². The fourth-order valence-electron chi connectivity index (χ4n) is 13.1. The van der Waals surface area contributed by atoms with Crippen molar-refractivity contribution in [3.05, 3.63) is 47.1 Å². The van der Waals surface area contributed by atoms with Gasteiger partial charge >= 0.3 is 5.97 Å². The van der Waals surface area contributed by atoms with Gasteiger partial charge in [0.2, 0.25) is 0 Å². The Balaban J connectivity index is 1.15. The summed E-state index contributed by atoms with van der Waals surface area (Å²) >= 11 is 0. The second-order valence-corrected chi connectivity index (χ2v) is 17.8. The number of aliphatic hydroxyl groups is 1. The smallest absolute Gasteiger partial charge is 0.331 e. The fraction of sp³-hybridized carbons (Fsp3) is 0.732. The van der Waals surface area contributed by atoms with E-state index in [1.807, 2.05) is 0 Å². The third-order valence-electron chi connectivity index (χ3n) is 15.1. The van der Waals surface area contributed by atoms with Gasteiger partial charge in [-0.2, -0.15) is 0 Å². The second-order valence-electron chi connectivity index (χ2n) is 17.8. The van der Waals surface area contributed by atoms with E-state index in [4.69, 9.17) is 4.74 Å². The molecule has 5 aliphatic carbocycles. The highest BCUT2D eigenvalue weighted by molar-refractivity contribution is 5.87. The number of allylic oxidation sites excluding steroid dienone is 2. The molecule has 2 N–H and O–H groups in total. The molecule has 5 aliphatic rings. The molecule has 0 aliphatic heterocycles. The Labute approximate surface area is 273 Å². The lowest BCUT2D eigenvalue weighted by Gasteiger charge is -2.63. The van der Waals surface area contributed by atoms with Crippen LogP contribution < -0.4 is 0 Å². The topological polar surface area (TPSA) is 66.8 Å². The first-order valence-corrected chi connectivity index (χ1v) is 18.1. The first-order valence-electron chi connectivity index (χ1n) is 18.1. The molecule has 0 saturated heterocycles. The molecule has 6 rings (SSSR count). The van der Waals surface area contributed by atoms with E-state index >= 15 is 0 Å². The molecule has 0 aromatic heterocycles. The molecule has 4 nitrogen and oxygen atoms in total. The van der Waals surface area contributed by atoms with Gasteiger partial charge in [0.25, 0.3) is 0 Å². The summed E-state index contributed by atoms with van der Waals surface area (Å²) in [5.74, 6) is 3.46. The van der Waals surface area contributed by atoms with Gasteiger partial charge in [-0.15, -0.1) is 0 Å². The van der Waals surface area contributed by atoms with Gasteiger partial charge in [0, 0.05) is 17.1 Å². The van der Waals surface area contributed by atoms with Crippen molar-refractivity contribution in [3.63, 3.8) is 0 Å². The average Bonchev–Trinajstić information content (AvgIpc) is 3.55. The van der Waals surface area contributed by atoms with Crippen LogP contribution in [0.4, 0.5) is 0 Å². The standard InChI is InChI=1S/C41H60O4/c1-26(2)21-27(3)22-28(4)31-15-17-39(8)34-13-12-33-37(5,6)35(16-18-40(33)25-41(34,40)20-19-38(31,39)7)45-36(44)14-10-29-9-11-32(43)30(23-29)24-42/h9-11,14,21,23,27-28,31,33-35,42-43H,12-13,15-20,22,24-25H2,1-8H3/b14-10+/t27?,28-,31?,33?,34?,35+,38-,39+,40-,41+/m1/s1. The number of aromatic hydroxyl groups is 1. The number of hydrogen-bond donors (Lipinski definition) is 2. The van der Waals surface area contributed by atoms with Crippen molar-refractivity contribution < 1.29 is 19.7 Å².